The van der Waals surface area contributed by atoms with Crippen LogP contribution >= 0.6 is 27.5 Å². The summed E-state index contributed by atoms with van der Waals surface area (Å²) in [5.41, 5.74) is 6.14. The minimum absolute atomic E-state index is 0.258. The lowest BCUT2D eigenvalue weighted by Gasteiger charge is -2.09. The fraction of sp³-hybridized carbons (Fsp3) is 0. The predicted octanol–water partition coefficient (Wildman–Crippen LogP) is 3.36. The topological polar surface area (TPSA) is 63.8 Å². The second-order valence-corrected chi connectivity index (χ2v) is 4.37. The second kappa shape index (κ2) is 4.85. The summed E-state index contributed by atoms with van der Waals surface area (Å²) >= 11 is 9.13. The molecule has 0 bridgehead atoms. The summed E-state index contributed by atoms with van der Waals surface area (Å²) in [6.45, 7) is 0. The number of nitrogens with zero attached hydrogens (tertiary/aromatic N) is 2. The van der Waals surface area contributed by atoms with Crippen molar-refractivity contribution in [1.29, 1.82) is 0 Å². The van der Waals surface area contributed by atoms with Crippen molar-refractivity contribution in [2.24, 2.45) is 0 Å². The first-order chi connectivity index (χ1) is 8.08. The van der Waals surface area contributed by atoms with Crippen LogP contribution in [-0.2, 0) is 0 Å². The van der Waals surface area contributed by atoms with Crippen molar-refractivity contribution in [3.05, 3.63) is 39.8 Å². The minimum atomic E-state index is -0.401. The van der Waals surface area contributed by atoms with E-state index in [1.54, 1.807) is 0 Å². The van der Waals surface area contributed by atoms with E-state index in [0.29, 0.717) is 21.8 Å². The molecule has 4 nitrogen and oxygen atoms in total. The molecule has 7 heteroatoms. The van der Waals surface area contributed by atoms with Crippen molar-refractivity contribution in [3.63, 3.8) is 0 Å². The number of nitrogen functional groups attached to an aromatic ring is 1. The van der Waals surface area contributed by atoms with Gasteiger partial charge in [-0.25, -0.2) is 14.4 Å². The molecule has 1 heterocycles. The highest BCUT2D eigenvalue weighted by Crippen LogP contribution is 2.30. The van der Waals surface area contributed by atoms with Crippen molar-refractivity contribution in [2.75, 3.05) is 11.1 Å². The monoisotopic (exact) mass is 316 g/mol. The Hall–Kier alpha value is -1.40. The van der Waals surface area contributed by atoms with E-state index < -0.39 is 5.82 Å². The lowest BCUT2D eigenvalue weighted by molar-refractivity contribution is 0.628. The maximum absolute atomic E-state index is 12.9. The first-order valence-electron chi connectivity index (χ1n) is 4.56. The van der Waals surface area contributed by atoms with E-state index in [4.69, 9.17) is 17.3 Å². The Morgan fingerprint density at radius 2 is 2.12 bits per heavy atom. The maximum Gasteiger partial charge on any atom is 0.150 e. The van der Waals surface area contributed by atoms with Gasteiger partial charge in [0.2, 0.25) is 0 Å². The third kappa shape index (κ3) is 2.65. The molecule has 0 saturated heterocycles. The number of aromatic nitrogens is 2. The number of anilines is 3. The summed E-state index contributed by atoms with van der Waals surface area (Å²) in [4.78, 5) is 7.80. The highest BCUT2D eigenvalue weighted by Gasteiger charge is 2.08. The number of nitrogens with one attached hydrogen (secondary N) is 1. The van der Waals surface area contributed by atoms with E-state index in [2.05, 4.69) is 31.2 Å². The molecule has 1 aromatic heterocycles. The van der Waals surface area contributed by atoms with Gasteiger partial charge in [0.05, 0.1) is 10.7 Å². The fourth-order valence-electron chi connectivity index (χ4n) is 1.19. The average Bonchev–Trinajstić information content (AvgIpc) is 2.28. The maximum atomic E-state index is 12.9. The van der Waals surface area contributed by atoms with Gasteiger partial charge in [0, 0.05) is 0 Å². The molecule has 0 fully saturated rings. The van der Waals surface area contributed by atoms with Crippen LogP contribution in [0.5, 0.6) is 0 Å². The Bertz CT molecular complexity index is 564. The van der Waals surface area contributed by atoms with Crippen LogP contribution in [0.1, 0.15) is 0 Å². The van der Waals surface area contributed by atoms with Gasteiger partial charge in [-0.15, -0.1) is 0 Å². The van der Waals surface area contributed by atoms with E-state index in [-0.39, 0.29) is 5.02 Å². The van der Waals surface area contributed by atoms with Gasteiger partial charge in [-0.2, -0.15) is 0 Å². The van der Waals surface area contributed by atoms with Crippen LogP contribution in [0.25, 0.3) is 0 Å². The Morgan fingerprint density at radius 3 is 2.82 bits per heavy atom. The minimum Gasteiger partial charge on any atom is -0.383 e. The highest BCUT2D eigenvalue weighted by atomic mass is 79.9. The number of benzene rings is 1. The molecule has 0 amide bonds. The van der Waals surface area contributed by atoms with E-state index in [9.17, 15) is 4.39 Å². The lowest BCUT2D eigenvalue weighted by Crippen LogP contribution is -2.00. The molecule has 0 aliphatic rings. The van der Waals surface area contributed by atoms with Crippen molar-refractivity contribution >= 4 is 44.9 Å². The fourth-order valence-corrected chi connectivity index (χ4v) is 1.71. The van der Waals surface area contributed by atoms with Gasteiger partial charge >= 0.3 is 0 Å². The van der Waals surface area contributed by atoms with Gasteiger partial charge in [0.15, 0.2) is 0 Å². The predicted molar refractivity (Wildman–Crippen MR) is 68.8 cm³/mol. The zero-order chi connectivity index (χ0) is 12.4. The van der Waals surface area contributed by atoms with Crippen LogP contribution in [0, 0.1) is 5.82 Å². The van der Waals surface area contributed by atoms with Gasteiger partial charge in [-0.1, -0.05) is 11.6 Å². The summed E-state index contributed by atoms with van der Waals surface area (Å²) in [5, 5.41) is 3.19. The highest BCUT2D eigenvalue weighted by molar-refractivity contribution is 9.10. The molecule has 0 saturated carbocycles. The number of hydrogen-bond acceptors (Lipinski definition) is 4. The second-order valence-electron chi connectivity index (χ2n) is 3.17. The quantitative estimate of drug-likeness (QED) is 0.891. The number of halogens is 3. The molecular weight excluding hydrogens is 310 g/mol. The number of hydrogen-bond donors (Lipinski definition) is 2. The van der Waals surface area contributed by atoms with Crippen molar-refractivity contribution in [2.45, 2.75) is 0 Å². The molecule has 1 aromatic carbocycles. The molecule has 0 aliphatic carbocycles. The van der Waals surface area contributed by atoms with E-state index in [1.807, 2.05) is 0 Å². The van der Waals surface area contributed by atoms with Crippen LogP contribution in [0.4, 0.5) is 21.7 Å². The summed E-state index contributed by atoms with van der Waals surface area (Å²) in [5.74, 6) is 0.369. The Morgan fingerprint density at radius 1 is 1.35 bits per heavy atom. The van der Waals surface area contributed by atoms with Crippen molar-refractivity contribution in [3.8, 4) is 0 Å². The summed E-state index contributed by atoms with van der Waals surface area (Å²) < 4.78 is 13.4. The Labute approximate surface area is 110 Å². The molecule has 2 aromatic rings. The van der Waals surface area contributed by atoms with Gasteiger partial charge < -0.3 is 11.1 Å². The van der Waals surface area contributed by atoms with Gasteiger partial charge in [0.25, 0.3) is 0 Å². The molecule has 0 aliphatic heterocycles. The molecule has 0 atom stereocenters. The third-order valence-corrected chi connectivity index (χ3v) is 3.10. The molecule has 0 radical (unpaired) electrons. The SMILES string of the molecule is Nc1ncnc(Nc2ccc(F)cc2Cl)c1Br. The molecule has 3 N–H and O–H groups in total. The summed E-state index contributed by atoms with van der Waals surface area (Å²) in [6.07, 6.45) is 1.32. The zero-order valence-electron chi connectivity index (χ0n) is 8.42. The first-order valence-corrected chi connectivity index (χ1v) is 5.73. The van der Waals surface area contributed by atoms with E-state index in [1.165, 1.54) is 24.5 Å². The third-order valence-electron chi connectivity index (χ3n) is 2.00. The molecule has 17 heavy (non-hydrogen) atoms. The Kier molecular flexibility index (Phi) is 3.44. The van der Waals surface area contributed by atoms with Crippen LogP contribution in [-0.4, -0.2) is 9.97 Å². The number of nitrogens with two attached hydrogens (primary N) is 1. The normalized spacial score (nSPS) is 10.3. The average molecular weight is 318 g/mol. The molecule has 0 unspecified atom stereocenters. The standard InChI is InChI=1S/C10H7BrClFN4/c11-8-9(14)15-4-16-10(8)17-7-2-1-5(13)3-6(7)12/h1-4H,(H3,14,15,16,17). The lowest BCUT2D eigenvalue weighted by atomic mass is 10.3. The molecule has 88 valence electrons. The first kappa shape index (κ1) is 12.1. The van der Waals surface area contributed by atoms with Gasteiger partial charge in [-0.05, 0) is 34.1 Å². The van der Waals surface area contributed by atoms with E-state index in [0.717, 1.165) is 0 Å². The largest absolute Gasteiger partial charge is 0.383 e. The van der Waals surface area contributed by atoms with Crippen molar-refractivity contribution in [1.82, 2.24) is 9.97 Å². The smallest absolute Gasteiger partial charge is 0.150 e. The Balaban J connectivity index is 2.35. The number of rotatable bonds is 2. The summed E-state index contributed by atoms with van der Waals surface area (Å²) in [7, 11) is 0. The van der Waals surface area contributed by atoms with Crippen molar-refractivity contribution < 1.29 is 4.39 Å². The van der Waals surface area contributed by atoms with Crippen LogP contribution < -0.4 is 11.1 Å². The van der Waals surface area contributed by atoms with Crippen LogP contribution in [0.15, 0.2) is 29.0 Å². The van der Waals surface area contributed by atoms with E-state index >= 15 is 0 Å². The van der Waals surface area contributed by atoms with Gasteiger partial charge in [-0.3, -0.25) is 0 Å². The molecule has 2 rings (SSSR count). The molecular formula is C10H7BrClFN4. The summed E-state index contributed by atoms with van der Waals surface area (Å²) in [6, 6.07) is 4.03. The van der Waals surface area contributed by atoms with Crippen LogP contribution in [0.2, 0.25) is 5.02 Å². The molecule has 0 spiro atoms. The van der Waals surface area contributed by atoms with Gasteiger partial charge in [0.1, 0.15) is 28.3 Å². The zero-order valence-corrected chi connectivity index (χ0v) is 10.8. The van der Waals surface area contributed by atoms with Crippen LogP contribution in [0.3, 0.4) is 0 Å².